The highest BCUT2D eigenvalue weighted by atomic mass is 35.5. The minimum atomic E-state index is 0.620. The van der Waals surface area contributed by atoms with Crippen LogP contribution in [0.5, 0.6) is 11.5 Å². The fourth-order valence-corrected chi connectivity index (χ4v) is 3.18. The van der Waals surface area contributed by atoms with Gasteiger partial charge in [0.05, 0.1) is 44.3 Å². The van der Waals surface area contributed by atoms with Gasteiger partial charge in [0.1, 0.15) is 17.0 Å². The summed E-state index contributed by atoms with van der Waals surface area (Å²) in [7, 11) is 3.30. The van der Waals surface area contributed by atoms with Crippen LogP contribution < -0.4 is 9.47 Å². The number of rotatable bonds is 4. The van der Waals surface area contributed by atoms with Crippen LogP contribution in [-0.2, 0) is 6.54 Å². The smallest absolute Gasteiger partial charge is 0.127 e. The van der Waals surface area contributed by atoms with Crippen LogP contribution in [-0.4, -0.2) is 28.8 Å². The topological polar surface area (TPSA) is 49.2 Å². The largest absolute Gasteiger partial charge is 0.497 e. The van der Waals surface area contributed by atoms with Crippen LogP contribution in [0.15, 0.2) is 48.9 Å². The van der Waals surface area contributed by atoms with E-state index in [0.29, 0.717) is 11.6 Å². The molecule has 4 rings (SSSR count). The Balaban J connectivity index is 1.86. The molecule has 0 saturated carbocycles. The number of imidazole rings is 1. The number of pyridine rings is 1. The summed E-state index contributed by atoms with van der Waals surface area (Å²) >= 11 is 6.19. The second-order valence-corrected chi connectivity index (χ2v) is 6.14. The van der Waals surface area contributed by atoms with Crippen LogP contribution in [0.25, 0.3) is 21.9 Å². The Labute approximate surface area is 149 Å². The Bertz CT molecular complexity index is 1080. The van der Waals surface area contributed by atoms with Gasteiger partial charge in [-0.1, -0.05) is 11.6 Å². The molecule has 0 bridgehead atoms. The van der Waals surface area contributed by atoms with E-state index in [1.807, 2.05) is 42.7 Å². The van der Waals surface area contributed by atoms with Gasteiger partial charge in [-0.15, -0.1) is 0 Å². The minimum absolute atomic E-state index is 0.620. The van der Waals surface area contributed by atoms with E-state index in [2.05, 4.69) is 14.5 Å². The molecule has 2 aromatic heterocycles. The number of nitrogens with zero attached hydrogens (tertiary/aromatic N) is 3. The van der Waals surface area contributed by atoms with Gasteiger partial charge < -0.3 is 14.0 Å². The molecule has 0 unspecified atom stereocenters. The predicted octanol–water partition coefficient (Wildman–Crippen LogP) is 4.30. The molecule has 0 aliphatic rings. The maximum atomic E-state index is 6.19. The lowest BCUT2D eigenvalue weighted by Crippen LogP contribution is -2.01. The number of fused-ring (bicyclic) bond motifs is 3. The van der Waals surface area contributed by atoms with Gasteiger partial charge in [-0.25, -0.2) is 4.98 Å². The maximum Gasteiger partial charge on any atom is 0.127 e. The first-order valence-corrected chi connectivity index (χ1v) is 8.17. The lowest BCUT2D eigenvalue weighted by molar-refractivity contribution is 0.390. The van der Waals surface area contributed by atoms with Gasteiger partial charge in [-0.05, 0) is 30.3 Å². The highest BCUT2D eigenvalue weighted by Gasteiger charge is 2.12. The third-order valence-corrected chi connectivity index (χ3v) is 4.48. The molecule has 4 aromatic rings. The molecule has 0 spiro atoms. The van der Waals surface area contributed by atoms with E-state index in [4.69, 9.17) is 21.1 Å². The molecular weight excluding hydrogens is 338 g/mol. The molecule has 0 radical (unpaired) electrons. The van der Waals surface area contributed by atoms with Crippen LogP contribution >= 0.6 is 11.6 Å². The fraction of sp³-hybridized carbons (Fsp3) is 0.158. The summed E-state index contributed by atoms with van der Waals surface area (Å²) in [6.45, 7) is 0.620. The van der Waals surface area contributed by atoms with Crippen molar-refractivity contribution < 1.29 is 9.47 Å². The molecule has 126 valence electrons. The Morgan fingerprint density at radius 1 is 1.00 bits per heavy atom. The van der Waals surface area contributed by atoms with Gasteiger partial charge in [0, 0.05) is 22.0 Å². The van der Waals surface area contributed by atoms with Crippen molar-refractivity contribution in [2.45, 2.75) is 6.54 Å². The zero-order valence-electron chi connectivity index (χ0n) is 13.9. The van der Waals surface area contributed by atoms with Crippen molar-refractivity contribution in [1.29, 1.82) is 0 Å². The third-order valence-electron chi connectivity index (χ3n) is 4.24. The van der Waals surface area contributed by atoms with Gasteiger partial charge in [-0.3, -0.25) is 4.98 Å². The highest BCUT2D eigenvalue weighted by Crippen LogP contribution is 2.29. The van der Waals surface area contributed by atoms with E-state index in [1.54, 1.807) is 20.4 Å². The van der Waals surface area contributed by atoms with E-state index < -0.39 is 0 Å². The summed E-state index contributed by atoms with van der Waals surface area (Å²) in [6.07, 6.45) is 3.60. The summed E-state index contributed by atoms with van der Waals surface area (Å²) < 4.78 is 12.9. The highest BCUT2D eigenvalue weighted by molar-refractivity contribution is 6.31. The second kappa shape index (κ2) is 6.26. The van der Waals surface area contributed by atoms with Gasteiger partial charge in [0.15, 0.2) is 0 Å². The predicted molar refractivity (Wildman–Crippen MR) is 98.7 cm³/mol. The lowest BCUT2D eigenvalue weighted by Gasteiger charge is -2.12. The molecule has 0 amide bonds. The SMILES string of the molecule is COc1ccc(Cn2cnc3cnc4ccc(Cl)cc4c32)c(OC)c1. The maximum absolute atomic E-state index is 6.19. The Hall–Kier alpha value is -2.79. The number of benzene rings is 2. The van der Waals surface area contributed by atoms with Gasteiger partial charge >= 0.3 is 0 Å². The molecule has 0 atom stereocenters. The van der Waals surface area contributed by atoms with Crippen molar-refractivity contribution in [2.75, 3.05) is 14.2 Å². The van der Waals surface area contributed by atoms with Crippen LogP contribution in [0.2, 0.25) is 5.02 Å². The van der Waals surface area contributed by atoms with E-state index in [0.717, 1.165) is 39.0 Å². The number of methoxy groups -OCH3 is 2. The summed E-state index contributed by atoms with van der Waals surface area (Å²) in [5, 5.41) is 1.66. The molecule has 2 aromatic carbocycles. The van der Waals surface area contributed by atoms with Crippen molar-refractivity contribution >= 4 is 33.5 Å². The van der Waals surface area contributed by atoms with Gasteiger partial charge in [-0.2, -0.15) is 0 Å². The average Bonchev–Trinajstić information content (AvgIpc) is 3.05. The molecule has 5 nitrogen and oxygen atoms in total. The average molecular weight is 354 g/mol. The molecule has 0 aliphatic heterocycles. The fourth-order valence-electron chi connectivity index (χ4n) is 3.01. The number of ether oxygens (including phenoxy) is 2. The van der Waals surface area contributed by atoms with Crippen molar-refractivity contribution in [3.63, 3.8) is 0 Å². The molecule has 6 heteroatoms. The standard InChI is InChI=1S/C19H16ClN3O2/c1-24-14-5-3-12(18(8-14)25-2)10-23-11-22-17-9-21-16-6-4-13(20)7-15(16)19(17)23/h3-9,11H,10H2,1-2H3. The third kappa shape index (κ3) is 2.76. The first kappa shape index (κ1) is 15.7. The number of hydrogen-bond acceptors (Lipinski definition) is 4. The lowest BCUT2D eigenvalue weighted by atomic mass is 10.1. The second-order valence-electron chi connectivity index (χ2n) is 5.70. The van der Waals surface area contributed by atoms with Crippen molar-refractivity contribution in [2.24, 2.45) is 0 Å². The van der Waals surface area contributed by atoms with Crippen molar-refractivity contribution in [3.8, 4) is 11.5 Å². The number of halogens is 1. The Kier molecular flexibility index (Phi) is 3.93. The van der Waals surface area contributed by atoms with E-state index >= 15 is 0 Å². The molecule has 25 heavy (non-hydrogen) atoms. The summed E-state index contributed by atoms with van der Waals surface area (Å²) in [6, 6.07) is 11.5. The molecule has 0 saturated heterocycles. The summed E-state index contributed by atoms with van der Waals surface area (Å²) in [4.78, 5) is 8.93. The first-order valence-electron chi connectivity index (χ1n) is 7.79. The monoisotopic (exact) mass is 353 g/mol. The van der Waals surface area contributed by atoms with E-state index in [-0.39, 0.29) is 0 Å². The number of hydrogen-bond donors (Lipinski definition) is 0. The van der Waals surface area contributed by atoms with Crippen molar-refractivity contribution in [3.05, 3.63) is 59.5 Å². The quantitative estimate of drug-likeness (QED) is 0.548. The number of aromatic nitrogens is 3. The minimum Gasteiger partial charge on any atom is -0.497 e. The van der Waals surface area contributed by atoms with Gasteiger partial charge in [0.25, 0.3) is 0 Å². The Morgan fingerprint density at radius 2 is 1.88 bits per heavy atom. The summed E-state index contributed by atoms with van der Waals surface area (Å²) in [5.41, 5.74) is 3.77. The zero-order chi connectivity index (χ0) is 17.4. The summed E-state index contributed by atoms with van der Waals surface area (Å²) in [5.74, 6) is 1.54. The van der Waals surface area contributed by atoms with E-state index in [9.17, 15) is 0 Å². The van der Waals surface area contributed by atoms with Crippen LogP contribution in [0.1, 0.15) is 5.56 Å². The normalized spacial score (nSPS) is 11.2. The first-order chi connectivity index (χ1) is 12.2. The molecular formula is C19H16ClN3O2. The van der Waals surface area contributed by atoms with Crippen LogP contribution in [0.4, 0.5) is 0 Å². The zero-order valence-corrected chi connectivity index (χ0v) is 14.6. The van der Waals surface area contributed by atoms with Crippen LogP contribution in [0.3, 0.4) is 0 Å². The van der Waals surface area contributed by atoms with Gasteiger partial charge in [0.2, 0.25) is 0 Å². The van der Waals surface area contributed by atoms with E-state index in [1.165, 1.54) is 0 Å². The molecule has 2 heterocycles. The molecule has 0 fully saturated rings. The molecule has 0 N–H and O–H groups in total. The van der Waals surface area contributed by atoms with Crippen LogP contribution in [0, 0.1) is 0 Å². The molecule has 0 aliphatic carbocycles. The van der Waals surface area contributed by atoms with Crippen molar-refractivity contribution in [1.82, 2.24) is 14.5 Å². The Morgan fingerprint density at radius 3 is 2.68 bits per heavy atom.